The van der Waals surface area contributed by atoms with Gasteiger partial charge in [-0.3, -0.25) is 3.53 Å². The Morgan fingerprint density at radius 3 is 2.73 bits per heavy atom. The summed E-state index contributed by atoms with van der Waals surface area (Å²) in [5.74, 6) is 0. The maximum atomic E-state index is 5.93. The standard InChI is InChI=1S/C8H9ClIN/c9-8-4-2-1-3-7(8)5-6-11-10/h1-4,11H,5-6H2. The van der Waals surface area contributed by atoms with Crippen LogP contribution in [0.1, 0.15) is 5.56 Å². The molecule has 0 saturated carbocycles. The molecule has 0 bridgehead atoms. The number of rotatable bonds is 3. The minimum absolute atomic E-state index is 0.860. The Kier molecular flexibility index (Phi) is 4.18. The van der Waals surface area contributed by atoms with Crippen LogP contribution in [0.2, 0.25) is 5.02 Å². The molecule has 0 radical (unpaired) electrons. The van der Waals surface area contributed by atoms with E-state index in [9.17, 15) is 0 Å². The Morgan fingerprint density at radius 2 is 2.09 bits per heavy atom. The van der Waals surface area contributed by atoms with E-state index in [-0.39, 0.29) is 0 Å². The van der Waals surface area contributed by atoms with Crippen molar-refractivity contribution in [2.75, 3.05) is 6.54 Å². The highest BCUT2D eigenvalue weighted by Gasteiger charge is 1.96. The van der Waals surface area contributed by atoms with Crippen LogP contribution < -0.4 is 3.53 Å². The minimum Gasteiger partial charge on any atom is -0.261 e. The van der Waals surface area contributed by atoms with E-state index in [0.29, 0.717) is 0 Å². The van der Waals surface area contributed by atoms with Gasteiger partial charge in [0, 0.05) is 34.4 Å². The zero-order valence-electron chi connectivity index (χ0n) is 5.98. The van der Waals surface area contributed by atoms with E-state index in [2.05, 4.69) is 32.5 Å². The molecule has 1 rings (SSSR count). The molecule has 0 spiro atoms. The largest absolute Gasteiger partial charge is 0.261 e. The van der Waals surface area contributed by atoms with Crippen LogP contribution in [0, 0.1) is 0 Å². The maximum Gasteiger partial charge on any atom is 0.0438 e. The molecule has 11 heavy (non-hydrogen) atoms. The number of benzene rings is 1. The van der Waals surface area contributed by atoms with Gasteiger partial charge in [0.2, 0.25) is 0 Å². The summed E-state index contributed by atoms with van der Waals surface area (Å²) in [5.41, 5.74) is 1.21. The highest BCUT2D eigenvalue weighted by atomic mass is 127. The van der Waals surface area contributed by atoms with Crippen LogP contribution in [0.3, 0.4) is 0 Å². The molecule has 1 aromatic rings. The molecular weight excluding hydrogens is 272 g/mol. The van der Waals surface area contributed by atoms with Crippen LogP contribution in [0.15, 0.2) is 24.3 Å². The van der Waals surface area contributed by atoms with Crippen molar-refractivity contribution in [2.45, 2.75) is 6.42 Å². The van der Waals surface area contributed by atoms with Gasteiger partial charge in [-0.05, 0) is 18.1 Å². The Morgan fingerprint density at radius 1 is 1.36 bits per heavy atom. The van der Waals surface area contributed by atoms with E-state index >= 15 is 0 Å². The molecule has 0 aliphatic heterocycles. The molecule has 1 N–H and O–H groups in total. The van der Waals surface area contributed by atoms with Crippen molar-refractivity contribution < 1.29 is 0 Å². The topological polar surface area (TPSA) is 12.0 Å². The first kappa shape index (κ1) is 9.29. The van der Waals surface area contributed by atoms with Gasteiger partial charge in [0.1, 0.15) is 0 Å². The van der Waals surface area contributed by atoms with Crippen molar-refractivity contribution in [1.29, 1.82) is 0 Å². The number of halogens is 2. The van der Waals surface area contributed by atoms with Gasteiger partial charge in [0.15, 0.2) is 0 Å². The van der Waals surface area contributed by atoms with Crippen LogP contribution in [0.5, 0.6) is 0 Å². The average Bonchev–Trinajstić information content (AvgIpc) is 2.03. The van der Waals surface area contributed by atoms with E-state index in [0.717, 1.165) is 18.0 Å². The smallest absolute Gasteiger partial charge is 0.0438 e. The molecule has 0 aliphatic carbocycles. The SMILES string of the molecule is Clc1ccccc1CCNI. The van der Waals surface area contributed by atoms with E-state index in [1.165, 1.54) is 5.56 Å². The van der Waals surface area contributed by atoms with Crippen LogP contribution in [-0.2, 0) is 6.42 Å². The monoisotopic (exact) mass is 281 g/mol. The van der Waals surface area contributed by atoms with Crippen LogP contribution in [0.25, 0.3) is 0 Å². The van der Waals surface area contributed by atoms with Gasteiger partial charge in [0.25, 0.3) is 0 Å². The first-order valence-electron chi connectivity index (χ1n) is 3.41. The van der Waals surface area contributed by atoms with Gasteiger partial charge in [-0.1, -0.05) is 29.8 Å². The van der Waals surface area contributed by atoms with E-state index in [1.807, 2.05) is 18.2 Å². The van der Waals surface area contributed by atoms with Crippen molar-refractivity contribution in [3.63, 3.8) is 0 Å². The van der Waals surface area contributed by atoms with Gasteiger partial charge in [-0.25, -0.2) is 0 Å². The third-order valence-corrected chi connectivity index (χ3v) is 2.35. The van der Waals surface area contributed by atoms with Crippen molar-refractivity contribution in [3.05, 3.63) is 34.9 Å². The summed E-state index contributed by atoms with van der Waals surface area (Å²) in [6.45, 7) is 0.963. The van der Waals surface area contributed by atoms with Crippen molar-refractivity contribution in [2.24, 2.45) is 0 Å². The molecule has 0 aliphatic rings. The van der Waals surface area contributed by atoms with Gasteiger partial charge >= 0.3 is 0 Å². The van der Waals surface area contributed by atoms with E-state index in [4.69, 9.17) is 11.6 Å². The van der Waals surface area contributed by atoms with Gasteiger partial charge in [-0.2, -0.15) is 0 Å². The summed E-state index contributed by atoms with van der Waals surface area (Å²) < 4.78 is 3.05. The summed E-state index contributed by atoms with van der Waals surface area (Å²) in [6.07, 6.45) is 0.989. The second-order valence-corrected chi connectivity index (χ2v) is 3.40. The normalized spacial score (nSPS) is 10.0. The summed E-state index contributed by atoms with van der Waals surface area (Å²) in [4.78, 5) is 0. The Labute approximate surface area is 85.6 Å². The lowest BCUT2D eigenvalue weighted by Gasteiger charge is -2.01. The molecule has 60 valence electrons. The predicted octanol–water partition coefficient (Wildman–Crippen LogP) is 2.82. The molecule has 0 saturated heterocycles. The summed E-state index contributed by atoms with van der Waals surface area (Å²) in [7, 11) is 0. The number of hydrogen-bond acceptors (Lipinski definition) is 1. The molecule has 0 amide bonds. The summed E-state index contributed by atoms with van der Waals surface area (Å²) in [6, 6.07) is 7.93. The highest BCUT2D eigenvalue weighted by Crippen LogP contribution is 2.14. The summed E-state index contributed by atoms with van der Waals surface area (Å²) >= 11 is 8.06. The maximum absolute atomic E-state index is 5.93. The zero-order chi connectivity index (χ0) is 8.10. The minimum atomic E-state index is 0.860. The molecule has 0 unspecified atom stereocenters. The fraction of sp³-hybridized carbons (Fsp3) is 0.250. The Balaban J connectivity index is 2.62. The van der Waals surface area contributed by atoms with Crippen LogP contribution >= 0.6 is 34.5 Å². The lowest BCUT2D eigenvalue weighted by molar-refractivity contribution is 0.933. The predicted molar refractivity (Wildman–Crippen MR) is 57.2 cm³/mol. The Hall–Kier alpha value is 0.200. The molecular formula is C8H9ClIN. The molecule has 0 heterocycles. The van der Waals surface area contributed by atoms with Crippen molar-refractivity contribution in [3.8, 4) is 0 Å². The first-order chi connectivity index (χ1) is 5.34. The summed E-state index contributed by atoms with van der Waals surface area (Å²) in [5, 5.41) is 0.860. The average molecular weight is 282 g/mol. The quantitative estimate of drug-likeness (QED) is 0.663. The molecule has 0 atom stereocenters. The van der Waals surface area contributed by atoms with Gasteiger partial charge in [0.05, 0.1) is 0 Å². The Bertz CT molecular complexity index is 227. The second-order valence-electron chi connectivity index (χ2n) is 2.23. The molecule has 1 aromatic carbocycles. The van der Waals surface area contributed by atoms with Crippen molar-refractivity contribution >= 4 is 34.5 Å². The third-order valence-electron chi connectivity index (χ3n) is 1.45. The zero-order valence-corrected chi connectivity index (χ0v) is 8.89. The van der Waals surface area contributed by atoms with Gasteiger partial charge in [-0.15, -0.1) is 0 Å². The van der Waals surface area contributed by atoms with Crippen molar-refractivity contribution in [1.82, 2.24) is 3.53 Å². The molecule has 3 heteroatoms. The highest BCUT2D eigenvalue weighted by molar-refractivity contribution is 14.1. The number of hydrogen-bond donors (Lipinski definition) is 1. The third kappa shape index (κ3) is 2.97. The van der Waals surface area contributed by atoms with Gasteiger partial charge < -0.3 is 0 Å². The number of nitrogens with one attached hydrogen (secondary N) is 1. The second kappa shape index (κ2) is 4.95. The molecule has 0 fully saturated rings. The molecule has 1 nitrogen and oxygen atoms in total. The van der Waals surface area contributed by atoms with E-state index < -0.39 is 0 Å². The fourth-order valence-corrected chi connectivity index (χ4v) is 1.38. The van der Waals surface area contributed by atoms with Crippen LogP contribution in [0.4, 0.5) is 0 Å². The van der Waals surface area contributed by atoms with E-state index in [1.54, 1.807) is 0 Å². The fourth-order valence-electron chi connectivity index (χ4n) is 0.883. The molecule has 0 aromatic heterocycles. The lowest BCUT2D eigenvalue weighted by Crippen LogP contribution is -2.03. The first-order valence-corrected chi connectivity index (χ1v) is 4.87. The van der Waals surface area contributed by atoms with Crippen LogP contribution in [-0.4, -0.2) is 6.54 Å². The lowest BCUT2D eigenvalue weighted by atomic mass is 10.1.